The quantitative estimate of drug-likeness (QED) is 0.689. The second kappa shape index (κ2) is 4.92. The Hall–Kier alpha value is -2.29. The molecular formula is C18H19NO2. The van der Waals surface area contributed by atoms with Crippen LogP contribution in [0.1, 0.15) is 34.3 Å². The van der Waals surface area contributed by atoms with E-state index >= 15 is 0 Å². The van der Waals surface area contributed by atoms with E-state index in [9.17, 15) is 4.79 Å². The minimum Gasteiger partial charge on any atom is -0.497 e. The lowest BCUT2D eigenvalue weighted by atomic mass is 9.86. The maximum absolute atomic E-state index is 13.0. The van der Waals surface area contributed by atoms with Gasteiger partial charge in [-0.2, -0.15) is 0 Å². The molecule has 0 saturated heterocycles. The average Bonchev–Trinajstić information content (AvgIpc) is 3.29. The number of nitrogens with two attached hydrogens (primary N) is 1. The molecule has 108 valence electrons. The number of hydrogen-bond donors (Lipinski definition) is 1. The standard InChI is InChI=1S/C18H19NO2/c1-12-11-15(21-2)7-8-16(12)17(20)18(9-10-18)13-3-5-14(19)6-4-13/h3-8,11H,9-10,19H2,1-2H3. The molecule has 0 spiro atoms. The largest absolute Gasteiger partial charge is 0.497 e. The summed E-state index contributed by atoms with van der Waals surface area (Å²) in [5, 5.41) is 0. The molecule has 21 heavy (non-hydrogen) atoms. The monoisotopic (exact) mass is 281 g/mol. The van der Waals surface area contributed by atoms with Crippen LogP contribution < -0.4 is 10.5 Å². The van der Waals surface area contributed by atoms with E-state index in [2.05, 4.69) is 0 Å². The van der Waals surface area contributed by atoms with E-state index < -0.39 is 0 Å². The lowest BCUT2D eigenvalue weighted by Gasteiger charge is -2.17. The molecule has 3 nitrogen and oxygen atoms in total. The van der Waals surface area contributed by atoms with Gasteiger partial charge < -0.3 is 10.5 Å². The Kier molecular flexibility index (Phi) is 3.20. The Morgan fingerprint density at radius 1 is 1.14 bits per heavy atom. The molecule has 1 saturated carbocycles. The average molecular weight is 281 g/mol. The van der Waals surface area contributed by atoms with Crippen molar-refractivity contribution in [1.82, 2.24) is 0 Å². The zero-order chi connectivity index (χ0) is 15.0. The molecule has 0 aromatic heterocycles. The van der Waals surface area contributed by atoms with Gasteiger partial charge in [0.15, 0.2) is 5.78 Å². The van der Waals surface area contributed by atoms with Gasteiger partial charge in [-0.25, -0.2) is 0 Å². The van der Waals surface area contributed by atoms with Gasteiger partial charge in [0.05, 0.1) is 12.5 Å². The molecule has 2 aromatic carbocycles. The first-order chi connectivity index (χ1) is 10.1. The van der Waals surface area contributed by atoms with Crippen molar-refractivity contribution in [2.75, 3.05) is 12.8 Å². The summed E-state index contributed by atoms with van der Waals surface area (Å²) < 4.78 is 5.20. The second-order valence-electron chi connectivity index (χ2n) is 5.71. The molecule has 0 radical (unpaired) electrons. The molecule has 3 heteroatoms. The van der Waals surface area contributed by atoms with Crippen LogP contribution in [0.3, 0.4) is 0 Å². The van der Waals surface area contributed by atoms with Crippen molar-refractivity contribution in [2.45, 2.75) is 25.2 Å². The Bertz CT molecular complexity index is 685. The van der Waals surface area contributed by atoms with Gasteiger partial charge in [0.25, 0.3) is 0 Å². The van der Waals surface area contributed by atoms with E-state index in [1.54, 1.807) is 7.11 Å². The maximum atomic E-state index is 13.0. The van der Waals surface area contributed by atoms with Crippen molar-refractivity contribution in [3.63, 3.8) is 0 Å². The summed E-state index contributed by atoms with van der Waals surface area (Å²) in [5.41, 5.74) is 8.91. The third-order valence-corrected chi connectivity index (χ3v) is 4.33. The van der Waals surface area contributed by atoms with E-state index in [1.165, 1.54) is 0 Å². The first-order valence-corrected chi connectivity index (χ1v) is 7.12. The molecule has 1 fully saturated rings. The topological polar surface area (TPSA) is 52.3 Å². The lowest BCUT2D eigenvalue weighted by molar-refractivity contribution is 0.0945. The minimum atomic E-state index is -0.354. The van der Waals surface area contributed by atoms with Crippen LogP contribution in [0, 0.1) is 6.92 Å². The number of Topliss-reactive ketones (excluding diaryl/α,β-unsaturated/α-hetero) is 1. The van der Waals surface area contributed by atoms with Crippen molar-refractivity contribution in [3.8, 4) is 5.75 Å². The molecule has 0 heterocycles. The summed E-state index contributed by atoms with van der Waals surface area (Å²) in [7, 11) is 1.63. The molecule has 0 atom stereocenters. The van der Waals surface area contributed by atoms with Crippen LogP contribution in [-0.4, -0.2) is 12.9 Å². The predicted molar refractivity (Wildman–Crippen MR) is 83.8 cm³/mol. The summed E-state index contributed by atoms with van der Waals surface area (Å²) in [6.45, 7) is 1.95. The number of aryl methyl sites for hydroxylation is 1. The van der Waals surface area contributed by atoms with Crippen LogP contribution >= 0.6 is 0 Å². The highest BCUT2D eigenvalue weighted by Crippen LogP contribution is 2.51. The first kappa shape index (κ1) is 13.7. The van der Waals surface area contributed by atoms with Gasteiger partial charge in [0.2, 0.25) is 0 Å². The molecule has 0 unspecified atom stereocenters. The van der Waals surface area contributed by atoms with Crippen LogP contribution in [0.15, 0.2) is 42.5 Å². The minimum absolute atomic E-state index is 0.201. The van der Waals surface area contributed by atoms with E-state index in [-0.39, 0.29) is 11.2 Å². The Balaban J connectivity index is 1.96. The van der Waals surface area contributed by atoms with Crippen LogP contribution in [0.2, 0.25) is 0 Å². The SMILES string of the molecule is COc1ccc(C(=O)C2(c3ccc(N)cc3)CC2)c(C)c1. The number of ketones is 1. The highest BCUT2D eigenvalue weighted by Gasteiger charge is 2.51. The van der Waals surface area contributed by atoms with Gasteiger partial charge in [-0.15, -0.1) is 0 Å². The maximum Gasteiger partial charge on any atom is 0.173 e. The van der Waals surface area contributed by atoms with Crippen molar-refractivity contribution < 1.29 is 9.53 Å². The van der Waals surface area contributed by atoms with E-state index in [0.717, 1.165) is 41.0 Å². The number of ether oxygens (including phenoxy) is 1. The number of carbonyl (C=O) groups excluding carboxylic acids is 1. The zero-order valence-corrected chi connectivity index (χ0v) is 12.3. The van der Waals surface area contributed by atoms with Crippen molar-refractivity contribution >= 4 is 11.5 Å². The van der Waals surface area contributed by atoms with Gasteiger partial charge in [-0.05, 0) is 61.2 Å². The van der Waals surface area contributed by atoms with E-state index in [0.29, 0.717) is 0 Å². The predicted octanol–water partition coefficient (Wildman–Crippen LogP) is 3.50. The van der Waals surface area contributed by atoms with Crippen molar-refractivity contribution in [1.29, 1.82) is 0 Å². The normalized spacial score (nSPS) is 15.5. The van der Waals surface area contributed by atoms with Gasteiger partial charge in [-0.3, -0.25) is 4.79 Å². The van der Waals surface area contributed by atoms with Crippen LogP contribution in [0.25, 0.3) is 0 Å². The number of carbonyl (C=O) groups is 1. The summed E-state index contributed by atoms with van der Waals surface area (Å²) in [5.74, 6) is 0.980. The highest BCUT2D eigenvalue weighted by atomic mass is 16.5. The van der Waals surface area contributed by atoms with Crippen molar-refractivity contribution in [3.05, 3.63) is 59.2 Å². The molecule has 3 rings (SSSR count). The van der Waals surface area contributed by atoms with Crippen LogP contribution in [-0.2, 0) is 5.41 Å². The van der Waals surface area contributed by atoms with Gasteiger partial charge >= 0.3 is 0 Å². The summed E-state index contributed by atoms with van der Waals surface area (Å²) in [6, 6.07) is 13.3. The molecule has 0 amide bonds. The molecule has 1 aliphatic carbocycles. The zero-order valence-electron chi connectivity index (χ0n) is 12.3. The number of benzene rings is 2. The smallest absolute Gasteiger partial charge is 0.173 e. The first-order valence-electron chi connectivity index (χ1n) is 7.12. The van der Waals surface area contributed by atoms with Crippen LogP contribution in [0.4, 0.5) is 5.69 Å². The second-order valence-corrected chi connectivity index (χ2v) is 5.71. The Labute approximate surface area is 124 Å². The highest BCUT2D eigenvalue weighted by molar-refractivity contribution is 6.07. The summed E-state index contributed by atoms with van der Waals surface area (Å²) >= 11 is 0. The number of nitrogen functional groups attached to an aromatic ring is 1. The van der Waals surface area contributed by atoms with Gasteiger partial charge in [0, 0.05) is 11.3 Å². The van der Waals surface area contributed by atoms with Crippen LogP contribution in [0.5, 0.6) is 5.75 Å². The number of hydrogen-bond acceptors (Lipinski definition) is 3. The van der Waals surface area contributed by atoms with Gasteiger partial charge in [-0.1, -0.05) is 12.1 Å². The number of anilines is 1. The lowest BCUT2D eigenvalue weighted by Crippen LogP contribution is -2.21. The van der Waals surface area contributed by atoms with Crippen molar-refractivity contribution in [2.24, 2.45) is 0 Å². The molecule has 1 aliphatic rings. The molecule has 0 aliphatic heterocycles. The fraction of sp³-hybridized carbons (Fsp3) is 0.278. The number of methoxy groups -OCH3 is 1. The van der Waals surface area contributed by atoms with E-state index in [1.807, 2.05) is 49.4 Å². The third kappa shape index (κ3) is 2.29. The molecule has 0 bridgehead atoms. The number of rotatable bonds is 4. The van der Waals surface area contributed by atoms with Gasteiger partial charge in [0.1, 0.15) is 5.75 Å². The summed E-state index contributed by atoms with van der Waals surface area (Å²) in [6.07, 6.45) is 1.81. The molecule has 2 aromatic rings. The fourth-order valence-corrected chi connectivity index (χ4v) is 2.85. The molecular weight excluding hydrogens is 262 g/mol. The third-order valence-electron chi connectivity index (χ3n) is 4.33. The Morgan fingerprint density at radius 2 is 1.81 bits per heavy atom. The molecule has 2 N–H and O–H groups in total. The summed E-state index contributed by atoms with van der Waals surface area (Å²) in [4.78, 5) is 13.0. The Morgan fingerprint density at radius 3 is 2.33 bits per heavy atom. The fourth-order valence-electron chi connectivity index (χ4n) is 2.85. The van der Waals surface area contributed by atoms with E-state index in [4.69, 9.17) is 10.5 Å².